The number of nitrogens with zero attached hydrogens (tertiary/aromatic N) is 1. The van der Waals surface area contributed by atoms with Gasteiger partial charge in [-0.3, -0.25) is 10.1 Å². The number of fused-ring (bicyclic) bond motifs is 1. The first-order valence-electron chi connectivity index (χ1n) is 7.28. The Balaban J connectivity index is 1.97. The molecule has 1 aromatic carbocycles. The van der Waals surface area contributed by atoms with Crippen LogP contribution in [0.15, 0.2) is 17.0 Å². The number of nitrogens with one attached hydrogen (secondary N) is 2. The summed E-state index contributed by atoms with van der Waals surface area (Å²) in [4.78, 5) is 10.1. The average molecular weight is 343 g/mol. The van der Waals surface area contributed by atoms with Crippen molar-refractivity contribution < 1.29 is 22.8 Å². The number of sulfonamides is 1. The van der Waals surface area contributed by atoms with Gasteiger partial charge in [0.05, 0.1) is 11.0 Å². The number of nitro benzene ring substituents is 1. The van der Waals surface area contributed by atoms with E-state index in [1.54, 1.807) is 0 Å². The summed E-state index contributed by atoms with van der Waals surface area (Å²) in [7, 11) is -4.02. The van der Waals surface area contributed by atoms with E-state index in [0.29, 0.717) is 25.9 Å². The van der Waals surface area contributed by atoms with Crippen LogP contribution >= 0.6 is 0 Å². The fraction of sp³-hybridized carbons (Fsp3) is 0.538. The zero-order valence-corrected chi connectivity index (χ0v) is 13.1. The van der Waals surface area contributed by atoms with E-state index in [1.165, 1.54) is 0 Å². The van der Waals surface area contributed by atoms with Crippen LogP contribution in [-0.2, 0) is 10.0 Å². The van der Waals surface area contributed by atoms with Crippen LogP contribution in [0.3, 0.4) is 0 Å². The van der Waals surface area contributed by atoms with Gasteiger partial charge in [-0.2, -0.15) is 0 Å². The molecule has 0 saturated carbocycles. The molecule has 0 amide bonds. The highest BCUT2D eigenvalue weighted by atomic mass is 32.2. The van der Waals surface area contributed by atoms with Gasteiger partial charge < -0.3 is 14.8 Å². The van der Waals surface area contributed by atoms with E-state index in [4.69, 9.17) is 9.47 Å². The number of nitro groups is 1. The van der Waals surface area contributed by atoms with Crippen LogP contribution in [0.25, 0.3) is 0 Å². The third-order valence-electron chi connectivity index (χ3n) is 3.77. The van der Waals surface area contributed by atoms with Gasteiger partial charge in [-0.25, -0.2) is 13.1 Å². The lowest BCUT2D eigenvalue weighted by Crippen LogP contribution is -2.42. The summed E-state index contributed by atoms with van der Waals surface area (Å²) < 4.78 is 38.3. The molecule has 3 rings (SSSR count). The molecule has 2 aliphatic heterocycles. The van der Waals surface area contributed by atoms with Gasteiger partial charge in [0.25, 0.3) is 5.69 Å². The summed E-state index contributed by atoms with van der Waals surface area (Å²) in [6, 6.07) is 2.02. The first-order chi connectivity index (χ1) is 11.0. The van der Waals surface area contributed by atoms with Gasteiger partial charge in [0.1, 0.15) is 13.2 Å². The lowest BCUT2D eigenvalue weighted by atomic mass is 10.1. The van der Waals surface area contributed by atoms with Crippen molar-refractivity contribution in [2.45, 2.75) is 23.8 Å². The van der Waals surface area contributed by atoms with E-state index in [9.17, 15) is 18.5 Å². The van der Waals surface area contributed by atoms with Crippen molar-refractivity contribution in [2.24, 2.45) is 0 Å². The Morgan fingerprint density at radius 3 is 2.39 bits per heavy atom. The number of benzene rings is 1. The van der Waals surface area contributed by atoms with Crippen LogP contribution in [0.4, 0.5) is 5.69 Å². The molecule has 0 radical (unpaired) electrons. The Labute approximate surface area is 133 Å². The molecule has 10 heteroatoms. The molecule has 0 bridgehead atoms. The molecule has 0 aromatic heterocycles. The Morgan fingerprint density at radius 1 is 1.17 bits per heavy atom. The maximum absolute atomic E-state index is 12.6. The highest BCUT2D eigenvalue weighted by Crippen LogP contribution is 2.38. The van der Waals surface area contributed by atoms with Crippen LogP contribution in [0.5, 0.6) is 11.5 Å². The molecular weight excluding hydrogens is 326 g/mol. The number of ether oxygens (including phenoxy) is 2. The molecular formula is C13H17N3O6S. The molecule has 2 aliphatic rings. The molecule has 1 fully saturated rings. The predicted molar refractivity (Wildman–Crippen MR) is 80.3 cm³/mol. The number of rotatable bonds is 4. The van der Waals surface area contributed by atoms with E-state index in [-0.39, 0.29) is 30.8 Å². The summed E-state index contributed by atoms with van der Waals surface area (Å²) in [5.74, 6) is 0.385. The lowest BCUT2D eigenvalue weighted by Gasteiger charge is -2.24. The van der Waals surface area contributed by atoms with Crippen molar-refractivity contribution in [1.82, 2.24) is 10.0 Å². The molecule has 2 heterocycles. The third-order valence-corrected chi connectivity index (χ3v) is 5.32. The van der Waals surface area contributed by atoms with Gasteiger partial charge in [-0.1, -0.05) is 0 Å². The van der Waals surface area contributed by atoms with Crippen molar-refractivity contribution in [3.8, 4) is 11.5 Å². The van der Waals surface area contributed by atoms with Crippen LogP contribution < -0.4 is 19.5 Å². The second kappa shape index (κ2) is 6.30. The summed E-state index contributed by atoms with van der Waals surface area (Å²) >= 11 is 0. The lowest BCUT2D eigenvalue weighted by molar-refractivity contribution is -0.388. The molecule has 0 aliphatic carbocycles. The minimum Gasteiger partial charge on any atom is -0.486 e. The number of piperidine rings is 1. The monoisotopic (exact) mass is 343 g/mol. The maximum atomic E-state index is 12.6. The normalized spacial score (nSPS) is 18.6. The molecule has 0 unspecified atom stereocenters. The first-order valence-corrected chi connectivity index (χ1v) is 8.77. The van der Waals surface area contributed by atoms with Gasteiger partial charge in [0.2, 0.25) is 10.0 Å². The summed E-state index contributed by atoms with van der Waals surface area (Å²) in [6.07, 6.45) is 1.27. The smallest absolute Gasteiger partial charge is 0.293 e. The van der Waals surface area contributed by atoms with Gasteiger partial charge in [0.15, 0.2) is 16.4 Å². The highest BCUT2D eigenvalue weighted by Gasteiger charge is 2.32. The second-order valence-corrected chi connectivity index (χ2v) is 7.05. The molecule has 1 aromatic rings. The standard InChI is InChI=1S/C13H17N3O6S/c17-16(18)10-7-11-12(22-6-5-21-11)8-13(10)23(19,20)15-9-1-3-14-4-2-9/h7-9,14-15H,1-6H2. The van der Waals surface area contributed by atoms with E-state index in [2.05, 4.69) is 10.0 Å². The van der Waals surface area contributed by atoms with Crippen LogP contribution in [0.2, 0.25) is 0 Å². The Kier molecular flexibility index (Phi) is 4.37. The minimum absolute atomic E-state index is 0.184. The Bertz CT molecular complexity index is 715. The van der Waals surface area contributed by atoms with Crippen LogP contribution in [0.1, 0.15) is 12.8 Å². The second-order valence-electron chi connectivity index (χ2n) is 5.37. The topological polar surface area (TPSA) is 120 Å². The Hall–Kier alpha value is -1.91. The maximum Gasteiger partial charge on any atom is 0.293 e. The summed E-state index contributed by atoms with van der Waals surface area (Å²) in [5.41, 5.74) is -0.518. The van der Waals surface area contributed by atoms with Crippen molar-refractivity contribution in [2.75, 3.05) is 26.3 Å². The molecule has 126 valence electrons. The molecule has 0 atom stereocenters. The molecule has 9 nitrogen and oxygen atoms in total. The van der Waals surface area contributed by atoms with Crippen LogP contribution in [-0.4, -0.2) is 45.7 Å². The van der Waals surface area contributed by atoms with Gasteiger partial charge >= 0.3 is 0 Å². The number of hydrogen-bond donors (Lipinski definition) is 2. The first kappa shape index (κ1) is 16.0. The fourth-order valence-corrected chi connectivity index (χ4v) is 4.11. The average Bonchev–Trinajstić information content (AvgIpc) is 2.54. The fourth-order valence-electron chi connectivity index (χ4n) is 2.64. The summed E-state index contributed by atoms with van der Waals surface area (Å²) in [5, 5.41) is 14.4. The quantitative estimate of drug-likeness (QED) is 0.599. The largest absolute Gasteiger partial charge is 0.486 e. The molecule has 23 heavy (non-hydrogen) atoms. The zero-order chi connectivity index (χ0) is 16.4. The minimum atomic E-state index is -4.02. The van der Waals surface area contributed by atoms with Crippen molar-refractivity contribution in [1.29, 1.82) is 0 Å². The van der Waals surface area contributed by atoms with E-state index in [1.807, 2.05) is 0 Å². The Morgan fingerprint density at radius 2 is 1.78 bits per heavy atom. The molecule has 2 N–H and O–H groups in total. The zero-order valence-electron chi connectivity index (χ0n) is 12.3. The summed E-state index contributed by atoms with van der Waals surface area (Å²) in [6.45, 7) is 1.95. The van der Waals surface area contributed by atoms with E-state index < -0.39 is 25.5 Å². The number of hydrogen-bond acceptors (Lipinski definition) is 7. The van der Waals surface area contributed by atoms with Gasteiger partial charge in [-0.05, 0) is 25.9 Å². The molecule has 0 spiro atoms. The highest BCUT2D eigenvalue weighted by molar-refractivity contribution is 7.89. The third kappa shape index (κ3) is 3.38. The van der Waals surface area contributed by atoms with Gasteiger partial charge in [0, 0.05) is 12.1 Å². The van der Waals surface area contributed by atoms with E-state index >= 15 is 0 Å². The van der Waals surface area contributed by atoms with Crippen molar-refractivity contribution in [3.05, 3.63) is 22.2 Å². The van der Waals surface area contributed by atoms with E-state index in [0.717, 1.165) is 12.1 Å². The van der Waals surface area contributed by atoms with Crippen molar-refractivity contribution in [3.63, 3.8) is 0 Å². The molecule has 1 saturated heterocycles. The predicted octanol–water partition coefficient (Wildman–Crippen LogP) is 0.396. The SMILES string of the molecule is O=[N+]([O-])c1cc2c(cc1S(=O)(=O)NC1CCNCC1)OCCO2. The van der Waals surface area contributed by atoms with Gasteiger partial charge in [-0.15, -0.1) is 0 Å². The van der Waals surface area contributed by atoms with Crippen LogP contribution in [0, 0.1) is 10.1 Å². The van der Waals surface area contributed by atoms with Crippen molar-refractivity contribution >= 4 is 15.7 Å².